The molecule has 1 N–H and O–H groups in total. The third-order valence-electron chi connectivity index (χ3n) is 3.11. The molecule has 0 saturated carbocycles. The molecule has 1 heterocycles. The highest BCUT2D eigenvalue weighted by Gasteiger charge is 2.32. The van der Waals surface area contributed by atoms with E-state index in [9.17, 15) is 13.2 Å². The second-order valence-electron chi connectivity index (χ2n) is 4.70. The lowest BCUT2D eigenvalue weighted by molar-refractivity contribution is -0.127. The quantitative estimate of drug-likeness (QED) is 0.815. The molecule has 20 heavy (non-hydrogen) atoms. The first-order valence-electron chi connectivity index (χ1n) is 6.41. The first-order chi connectivity index (χ1) is 9.48. The average Bonchev–Trinajstić information content (AvgIpc) is 2.71. The lowest BCUT2D eigenvalue weighted by Crippen LogP contribution is -2.42. The Morgan fingerprint density at radius 2 is 2.05 bits per heavy atom. The molecular formula is C13H18N2O4S. The van der Waals surface area contributed by atoms with Crippen molar-refractivity contribution in [3.8, 4) is 5.75 Å². The number of hydrogen-bond donors (Lipinski definition) is 1. The van der Waals surface area contributed by atoms with E-state index in [1.54, 1.807) is 19.2 Å². The second kappa shape index (κ2) is 6.23. The highest BCUT2D eigenvalue weighted by atomic mass is 32.2. The predicted molar refractivity (Wildman–Crippen MR) is 74.9 cm³/mol. The van der Waals surface area contributed by atoms with Gasteiger partial charge in [-0.3, -0.25) is 4.79 Å². The molecule has 2 rings (SSSR count). The van der Waals surface area contributed by atoms with Crippen molar-refractivity contribution in [1.29, 1.82) is 0 Å². The molecule has 1 aromatic carbocycles. The zero-order valence-corrected chi connectivity index (χ0v) is 12.1. The number of nitrogens with zero attached hydrogens (tertiary/aromatic N) is 1. The summed E-state index contributed by atoms with van der Waals surface area (Å²) in [5.74, 6) is 0.270. The third kappa shape index (κ3) is 3.94. The standard InChI is InChI=1S/C13H18N2O4S/c1-15-8-7-12(13(15)16)14-20(17,18)10-9-19-11-5-3-2-4-6-11/h2-6,12,14H,7-10H2,1H3. The SMILES string of the molecule is CN1CCC(NS(=O)(=O)CCOc2ccccc2)C1=O. The van der Waals surface area contributed by atoms with Gasteiger partial charge in [0.25, 0.3) is 0 Å². The number of amides is 1. The summed E-state index contributed by atoms with van der Waals surface area (Å²) in [6.45, 7) is 0.628. The van der Waals surface area contributed by atoms with Gasteiger partial charge in [0.2, 0.25) is 15.9 Å². The molecule has 7 heteroatoms. The second-order valence-corrected chi connectivity index (χ2v) is 6.57. The van der Waals surface area contributed by atoms with Gasteiger partial charge in [-0.1, -0.05) is 18.2 Å². The van der Waals surface area contributed by atoms with E-state index in [-0.39, 0.29) is 18.3 Å². The smallest absolute Gasteiger partial charge is 0.240 e. The van der Waals surface area contributed by atoms with Crippen LogP contribution in [0.4, 0.5) is 0 Å². The molecule has 1 unspecified atom stereocenters. The maximum absolute atomic E-state index is 11.9. The molecule has 1 aliphatic rings. The zero-order valence-electron chi connectivity index (χ0n) is 11.3. The normalized spacial score (nSPS) is 19.4. The number of ether oxygens (including phenoxy) is 1. The van der Waals surface area contributed by atoms with Crippen molar-refractivity contribution < 1.29 is 17.9 Å². The lowest BCUT2D eigenvalue weighted by atomic mass is 10.3. The van der Waals surface area contributed by atoms with Gasteiger partial charge in [-0.15, -0.1) is 0 Å². The number of benzene rings is 1. The molecule has 1 saturated heterocycles. The number of likely N-dealkylation sites (tertiary alicyclic amines) is 1. The van der Waals surface area contributed by atoms with E-state index < -0.39 is 16.1 Å². The summed E-state index contributed by atoms with van der Waals surface area (Å²) in [5.41, 5.74) is 0. The van der Waals surface area contributed by atoms with E-state index in [2.05, 4.69) is 4.72 Å². The average molecular weight is 298 g/mol. The molecule has 0 aliphatic carbocycles. The Balaban J connectivity index is 1.81. The Hall–Kier alpha value is -1.60. The van der Waals surface area contributed by atoms with Crippen LogP contribution in [-0.4, -0.2) is 51.2 Å². The van der Waals surface area contributed by atoms with E-state index in [0.717, 1.165) is 0 Å². The van der Waals surface area contributed by atoms with Crippen LogP contribution in [0.1, 0.15) is 6.42 Å². The molecular weight excluding hydrogens is 280 g/mol. The molecule has 1 aromatic rings. The van der Waals surface area contributed by atoms with Crippen molar-refractivity contribution in [3.63, 3.8) is 0 Å². The van der Waals surface area contributed by atoms with Crippen LogP contribution in [0.2, 0.25) is 0 Å². The van der Waals surface area contributed by atoms with Crippen LogP contribution >= 0.6 is 0 Å². The summed E-state index contributed by atoms with van der Waals surface area (Å²) in [6, 6.07) is 8.37. The van der Waals surface area contributed by atoms with Crippen LogP contribution in [0.5, 0.6) is 5.75 Å². The molecule has 110 valence electrons. The van der Waals surface area contributed by atoms with Crippen LogP contribution < -0.4 is 9.46 Å². The number of nitrogens with one attached hydrogen (secondary N) is 1. The third-order valence-corrected chi connectivity index (χ3v) is 4.46. The minimum Gasteiger partial charge on any atom is -0.492 e. The molecule has 6 nitrogen and oxygen atoms in total. The summed E-state index contributed by atoms with van der Waals surface area (Å²) >= 11 is 0. The van der Waals surface area contributed by atoms with Gasteiger partial charge in [0.05, 0.1) is 5.75 Å². The van der Waals surface area contributed by atoms with Crippen molar-refractivity contribution in [1.82, 2.24) is 9.62 Å². The highest BCUT2D eigenvalue weighted by molar-refractivity contribution is 7.89. The molecule has 0 spiro atoms. The minimum atomic E-state index is -3.51. The Kier molecular flexibility index (Phi) is 4.61. The Morgan fingerprint density at radius 3 is 2.65 bits per heavy atom. The monoisotopic (exact) mass is 298 g/mol. The summed E-state index contributed by atoms with van der Waals surface area (Å²) in [6.07, 6.45) is 0.508. The number of carbonyl (C=O) groups excluding carboxylic acids is 1. The van der Waals surface area contributed by atoms with Crippen LogP contribution in [0.15, 0.2) is 30.3 Å². The van der Waals surface area contributed by atoms with Crippen LogP contribution in [0, 0.1) is 0 Å². The van der Waals surface area contributed by atoms with Gasteiger partial charge < -0.3 is 9.64 Å². The molecule has 1 atom stereocenters. The number of para-hydroxylation sites is 1. The van der Waals surface area contributed by atoms with Crippen LogP contribution in [-0.2, 0) is 14.8 Å². The topological polar surface area (TPSA) is 75.7 Å². The zero-order chi connectivity index (χ0) is 14.6. The maximum atomic E-state index is 11.9. The molecule has 1 fully saturated rings. The Bertz CT molecular complexity index is 559. The molecule has 0 radical (unpaired) electrons. The fourth-order valence-corrected chi connectivity index (χ4v) is 3.07. The van der Waals surface area contributed by atoms with E-state index in [4.69, 9.17) is 4.74 Å². The largest absolute Gasteiger partial charge is 0.492 e. The maximum Gasteiger partial charge on any atom is 0.240 e. The summed E-state index contributed by atoms with van der Waals surface area (Å²) in [5, 5.41) is 0. The molecule has 0 bridgehead atoms. The molecule has 1 aliphatic heterocycles. The first kappa shape index (κ1) is 14.8. The van der Waals surface area contributed by atoms with E-state index >= 15 is 0 Å². The van der Waals surface area contributed by atoms with Crippen molar-refractivity contribution in [2.24, 2.45) is 0 Å². The van der Waals surface area contributed by atoms with Crippen molar-refractivity contribution in [3.05, 3.63) is 30.3 Å². The number of hydrogen-bond acceptors (Lipinski definition) is 4. The van der Waals surface area contributed by atoms with Crippen molar-refractivity contribution in [2.45, 2.75) is 12.5 Å². The Morgan fingerprint density at radius 1 is 1.35 bits per heavy atom. The summed E-state index contributed by atoms with van der Waals surface area (Å²) in [4.78, 5) is 13.2. The number of sulfonamides is 1. The van der Waals surface area contributed by atoms with Gasteiger partial charge in [0.15, 0.2) is 0 Å². The van der Waals surface area contributed by atoms with Crippen LogP contribution in [0.3, 0.4) is 0 Å². The predicted octanol–water partition coefficient (Wildman–Crippen LogP) is 0.216. The first-order valence-corrected chi connectivity index (χ1v) is 8.06. The Labute approximate surface area is 118 Å². The fourth-order valence-electron chi connectivity index (χ4n) is 1.99. The van der Waals surface area contributed by atoms with E-state index in [1.165, 1.54) is 4.90 Å². The van der Waals surface area contributed by atoms with Gasteiger partial charge in [-0.05, 0) is 18.6 Å². The van der Waals surface area contributed by atoms with Gasteiger partial charge in [0.1, 0.15) is 18.4 Å². The van der Waals surface area contributed by atoms with Gasteiger partial charge in [-0.25, -0.2) is 13.1 Å². The van der Waals surface area contributed by atoms with E-state index in [0.29, 0.717) is 18.7 Å². The number of likely N-dealkylation sites (N-methyl/N-ethyl adjacent to an activating group) is 1. The van der Waals surface area contributed by atoms with Gasteiger partial charge >= 0.3 is 0 Å². The van der Waals surface area contributed by atoms with Crippen molar-refractivity contribution >= 4 is 15.9 Å². The van der Waals surface area contributed by atoms with E-state index in [1.807, 2.05) is 18.2 Å². The highest BCUT2D eigenvalue weighted by Crippen LogP contribution is 2.11. The molecule has 1 amide bonds. The number of rotatable bonds is 6. The summed E-state index contributed by atoms with van der Waals surface area (Å²) in [7, 11) is -1.85. The molecule has 0 aromatic heterocycles. The van der Waals surface area contributed by atoms with Gasteiger partial charge in [-0.2, -0.15) is 0 Å². The summed E-state index contributed by atoms with van der Waals surface area (Å²) < 4.78 is 31.5. The lowest BCUT2D eigenvalue weighted by Gasteiger charge is -2.13. The van der Waals surface area contributed by atoms with Gasteiger partial charge in [0, 0.05) is 13.6 Å². The van der Waals surface area contributed by atoms with Crippen LogP contribution in [0.25, 0.3) is 0 Å². The fraction of sp³-hybridized carbons (Fsp3) is 0.462. The number of carbonyl (C=O) groups is 1. The minimum absolute atomic E-state index is 0.0517. The van der Waals surface area contributed by atoms with Crippen molar-refractivity contribution in [2.75, 3.05) is 26.0 Å².